The zero-order valence-corrected chi connectivity index (χ0v) is 16.4. The smallest absolute Gasteiger partial charge is 0.269 e. The molecule has 28 heavy (non-hydrogen) atoms. The van der Waals surface area contributed by atoms with Crippen molar-refractivity contribution in [1.82, 2.24) is 10.9 Å². The quantitative estimate of drug-likeness (QED) is 0.742. The summed E-state index contributed by atoms with van der Waals surface area (Å²) in [5, 5.41) is 0.952. The van der Waals surface area contributed by atoms with Crippen LogP contribution >= 0.6 is 23.2 Å². The Morgan fingerprint density at radius 3 is 2.43 bits per heavy atom. The van der Waals surface area contributed by atoms with Crippen molar-refractivity contribution in [2.24, 2.45) is 5.92 Å². The van der Waals surface area contributed by atoms with Gasteiger partial charge in [0.15, 0.2) is 0 Å². The molecule has 0 aromatic heterocycles. The third-order valence-corrected chi connectivity index (χ3v) is 4.82. The van der Waals surface area contributed by atoms with Crippen molar-refractivity contribution in [1.29, 1.82) is 0 Å². The van der Waals surface area contributed by atoms with E-state index in [1.165, 1.54) is 24.1 Å². The highest BCUT2D eigenvalue weighted by Crippen LogP contribution is 2.35. The SMILES string of the molecule is COc1ccc(Cl)cc1N1C[C@H](C(=O)NNC(=O)c2ccc(Cl)cc2)CC1=O. The number of rotatable bonds is 4. The van der Waals surface area contributed by atoms with E-state index in [4.69, 9.17) is 27.9 Å². The van der Waals surface area contributed by atoms with Gasteiger partial charge in [0, 0.05) is 28.6 Å². The van der Waals surface area contributed by atoms with Gasteiger partial charge >= 0.3 is 0 Å². The molecule has 3 rings (SSSR count). The summed E-state index contributed by atoms with van der Waals surface area (Å²) in [6.45, 7) is 0.151. The van der Waals surface area contributed by atoms with Crippen LogP contribution in [0, 0.1) is 5.92 Å². The van der Waals surface area contributed by atoms with E-state index in [2.05, 4.69) is 10.9 Å². The van der Waals surface area contributed by atoms with Crippen molar-refractivity contribution >= 4 is 46.6 Å². The summed E-state index contributed by atoms with van der Waals surface area (Å²) < 4.78 is 5.27. The first kappa shape index (κ1) is 20.0. The molecule has 1 fully saturated rings. The number of nitrogens with one attached hydrogen (secondary N) is 2. The molecule has 1 heterocycles. The molecule has 7 nitrogen and oxygen atoms in total. The Kier molecular flexibility index (Phi) is 6.06. The molecule has 146 valence electrons. The molecule has 0 radical (unpaired) electrons. The first-order chi connectivity index (χ1) is 13.4. The number of ether oxygens (including phenoxy) is 1. The van der Waals surface area contributed by atoms with Crippen molar-refractivity contribution < 1.29 is 19.1 Å². The van der Waals surface area contributed by atoms with Gasteiger partial charge in [-0.3, -0.25) is 25.2 Å². The molecule has 1 saturated heterocycles. The maximum Gasteiger partial charge on any atom is 0.269 e. The molecule has 1 atom stereocenters. The molecule has 0 saturated carbocycles. The second-order valence-corrected chi connectivity index (χ2v) is 7.04. The Balaban J connectivity index is 1.63. The van der Waals surface area contributed by atoms with Crippen LogP contribution in [-0.2, 0) is 9.59 Å². The third-order valence-electron chi connectivity index (χ3n) is 4.33. The lowest BCUT2D eigenvalue weighted by molar-refractivity contribution is -0.126. The molecule has 0 bridgehead atoms. The van der Waals surface area contributed by atoms with Gasteiger partial charge in [-0.1, -0.05) is 23.2 Å². The maximum absolute atomic E-state index is 12.4. The summed E-state index contributed by atoms with van der Waals surface area (Å²) in [4.78, 5) is 38.3. The van der Waals surface area contributed by atoms with Crippen LogP contribution in [0.15, 0.2) is 42.5 Å². The minimum Gasteiger partial charge on any atom is -0.495 e. The van der Waals surface area contributed by atoms with Gasteiger partial charge in [0.25, 0.3) is 5.91 Å². The highest BCUT2D eigenvalue weighted by atomic mass is 35.5. The fourth-order valence-corrected chi connectivity index (χ4v) is 3.18. The molecule has 0 spiro atoms. The predicted molar refractivity (Wildman–Crippen MR) is 106 cm³/mol. The van der Waals surface area contributed by atoms with E-state index >= 15 is 0 Å². The second kappa shape index (κ2) is 8.50. The Morgan fingerprint density at radius 2 is 1.75 bits per heavy atom. The van der Waals surface area contributed by atoms with Gasteiger partial charge in [-0.25, -0.2) is 0 Å². The molecule has 3 amide bonds. The van der Waals surface area contributed by atoms with Crippen LogP contribution in [0.1, 0.15) is 16.8 Å². The molecule has 2 N–H and O–H groups in total. The van der Waals surface area contributed by atoms with Crippen LogP contribution in [-0.4, -0.2) is 31.4 Å². The molecule has 1 aliphatic heterocycles. The lowest BCUT2D eigenvalue weighted by Crippen LogP contribution is -2.45. The van der Waals surface area contributed by atoms with Gasteiger partial charge in [-0.2, -0.15) is 0 Å². The fourth-order valence-electron chi connectivity index (χ4n) is 2.88. The van der Waals surface area contributed by atoms with Crippen LogP contribution in [0.5, 0.6) is 5.75 Å². The average Bonchev–Trinajstić information content (AvgIpc) is 3.08. The number of hydrogen-bond acceptors (Lipinski definition) is 4. The van der Waals surface area contributed by atoms with Crippen LogP contribution in [0.3, 0.4) is 0 Å². The molecule has 9 heteroatoms. The molecular weight excluding hydrogens is 405 g/mol. The zero-order chi connectivity index (χ0) is 20.3. The van der Waals surface area contributed by atoms with Crippen molar-refractivity contribution in [3.05, 3.63) is 58.1 Å². The fraction of sp³-hybridized carbons (Fsp3) is 0.211. The first-order valence-electron chi connectivity index (χ1n) is 8.38. The van der Waals surface area contributed by atoms with Crippen LogP contribution < -0.4 is 20.5 Å². The van der Waals surface area contributed by atoms with Gasteiger partial charge in [0.2, 0.25) is 11.8 Å². The number of halogens is 2. The number of methoxy groups -OCH3 is 1. The van der Waals surface area contributed by atoms with Crippen LogP contribution in [0.2, 0.25) is 10.0 Å². The largest absolute Gasteiger partial charge is 0.495 e. The van der Waals surface area contributed by atoms with E-state index in [0.29, 0.717) is 27.0 Å². The Bertz CT molecular complexity index is 918. The van der Waals surface area contributed by atoms with Gasteiger partial charge in [0.05, 0.1) is 18.7 Å². The first-order valence-corrected chi connectivity index (χ1v) is 9.14. The number of nitrogens with zero attached hydrogens (tertiary/aromatic N) is 1. The highest BCUT2D eigenvalue weighted by Gasteiger charge is 2.36. The van der Waals surface area contributed by atoms with E-state index in [9.17, 15) is 14.4 Å². The number of hydrazine groups is 1. The standard InChI is InChI=1S/C19H17Cl2N3O4/c1-28-16-7-6-14(21)9-15(16)24-10-12(8-17(24)25)19(27)23-22-18(26)11-2-4-13(20)5-3-11/h2-7,9,12H,8,10H2,1H3,(H,22,26)(H,23,27)/t12-/m1/s1. The molecular formula is C19H17Cl2N3O4. The van der Waals surface area contributed by atoms with Crippen molar-refractivity contribution in [2.45, 2.75) is 6.42 Å². The van der Waals surface area contributed by atoms with Gasteiger partial charge in [-0.05, 0) is 42.5 Å². The van der Waals surface area contributed by atoms with E-state index in [0.717, 1.165) is 0 Å². The number of carbonyl (C=O) groups excluding carboxylic acids is 3. The summed E-state index contributed by atoms with van der Waals surface area (Å²) in [6, 6.07) is 11.1. The summed E-state index contributed by atoms with van der Waals surface area (Å²) in [7, 11) is 1.49. The number of hydrogen-bond donors (Lipinski definition) is 2. The normalized spacial score (nSPS) is 16.0. The molecule has 1 aliphatic rings. The number of amides is 3. The monoisotopic (exact) mass is 421 g/mol. The van der Waals surface area contributed by atoms with E-state index in [1.54, 1.807) is 30.3 Å². The topological polar surface area (TPSA) is 87.7 Å². The van der Waals surface area contributed by atoms with Crippen LogP contribution in [0.25, 0.3) is 0 Å². The summed E-state index contributed by atoms with van der Waals surface area (Å²) in [5.74, 6) is -1.32. The summed E-state index contributed by atoms with van der Waals surface area (Å²) in [5.41, 5.74) is 5.55. The van der Waals surface area contributed by atoms with Crippen molar-refractivity contribution in [2.75, 3.05) is 18.6 Å². The van der Waals surface area contributed by atoms with Gasteiger partial charge < -0.3 is 9.64 Å². The van der Waals surface area contributed by atoms with Crippen molar-refractivity contribution in [3.63, 3.8) is 0 Å². The minimum atomic E-state index is -0.623. The molecule has 2 aromatic rings. The molecule has 0 aliphatic carbocycles. The predicted octanol–water partition coefficient (Wildman–Crippen LogP) is 2.82. The third kappa shape index (κ3) is 4.37. The lowest BCUT2D eigenvalue weighted by atomic mass is 10.1. The van der Waals surface area contributed by atoms with Gasteiger partial charge in [0.1, 0.15) is 5.75 Å². The highest BCUT2D eigenvalue weighted by molar-refractivity contribution is 6.31. The lowest BCUT2D eigenvalue weighted by Gasteiger charge is -2.20. The molecule has 0 unspecified atom stereocenters. The second-order valence-electron chi connectivity index (χ2n) is 6.17. The van der Waals surface area contributed by atoms with Crippen LogP contribution in [0.4, 0.5) is 5.69 Å². The van der Waals surface area contributed by atoms with Crippen molar-refractivity contribution in [3.8, 4) is 5.75 Å². The number of carbonyl (C=O) groups is 3. The molecule has 2 aromatic carbocycles. The Morgan fingerprint density at radius 1 is 1.07 bits per heavy atom. The number of anilines is 1. The summed E-state index contributed by atoms with van der Waals surface area (Å²) in [6.07, 6.45) is 0.0122. The average molecular weight is 422 g/mol. The van der Waals surface area contributed by atoms with E-state index in [1.807, 2.05) is 0 Å². The summed E-state index contributed by atoms with van der Waals surface area (Å²) >= 11 is 11.8. The van der Waals surface area contributed by atoms with Gasteiger partial charge in [-0.15, -0.1) is 0 Å². The Hall–Kier alpha value is -2.77. The Labute approximate surface area is 171 Å². The minimum absolute atomic E-state index is 0.0122. The van der Waals surface area contributed by atoms with E-state index in [-0.39, 0.29) is 18.9 Å². The maximum atomic E-state index is 12.4. The van der Waals surface area contributed by atoms with E-state index < -0.39 is 17.7 Å². The zero-order valence-electron chi connectivity index (χ0n) is 14.9. The number of benzene rings is 2.